The Labute approximate surface area is 202 Å². The minimum atomic E-state index is -0.413. The maximum Gasteiger partial charge on any atom is 0.272 e. The van der Waals surface area contributed by atoms with Crippen LogP contribution in [0.4, 0.5) is 4.39 Å². The molecule has 35 heavy (non-hydrogen) atoms. The molecule has 4 rings (SSSR count). The normalized spacial score (nSPS) is 13.1. The first kappa shape index (κ1) is 24.1. The first-order chi connectivity index (χ1) is 16.9. The Morgan fingerprint density at radius 2 is 1.77 bits per heavy atom. The number of benzene rings is 2. The summed E-state index contributed by atoms with van der Waals surface area (Å²) in [7, 11) is 4.56. The molecule has 184 valence electrons. The van der Waals surface area contributed by atoms with Gasteiger partial charge in [0.15, 0.2) is 17.2 Å². The Kier molecular flexibility index (Phi) is 7.19. The van der Waals surface area contributed by atoms with Crippen molar-refractivity contribution in [3.63, 3.8) is 0 Å². The Morgan fingerprint density at radius 1 is 1.03 bits per heavy atom. The van der Waals surface area contributed by atoms with Gasteiger partial charge in [-0.25, -0.2) is 4.39 Å². The zero-order valence-electron chi connectivity index (χ0n) is 19.8. The van der Waals surface area contributed by atoms with Crippen LogP contribution in [0.3, 0.4) is 0 Å². The molecule has 1 aliphatic rings. The van der Waals surface area contributed by atoms with E-state index >= 15 is 0 Å². The number of aromatic nitrogens is 2. The largest absolute Gasteiger partial charge is 0.493 e. The van der Waals surface area contributed by atoms with Crippen LogP contribution in [0.1, 0.15) is 38.5 Å². The molecule has 1 aliphatic heterocycles. The van der Waals surface area contributed by atoms with E-state index < -0.39 is 5.91 Å². The smallest absolute Gasteiger partial charge is 0.272 e. The van der Waals surface area contributed by atoms with Gasteiger partial charge in [0, 0.05) is 32.2 Å². The summed E-state index contributed by atoms with van der Waals surface area (Å²) in [6, 6.07) is 11.2. The van der Waals surface area contributed by atoms with Gasteiger partial charge in [-0.3, -0.25) is 14.3 Å². The number of fused-ring (bicyclic) bond motifs is 1. The summed E-state index contributed by atoms with van der Waals surface area (Å²) in [6.07, 6.45) is 0.669. The van der Waals surface area contributed by atoms with Crippen molar-refractivity contribution in [1.82, 2.24) is 20.0 Å². The molecule has 2 aromatic carbocycles. The van der Waals surface area contributed by atoms with Crippen molar-refractivity contribution in [2.45, 2.75) is 26.1 Å². The summed E-state index contributed by atoms with van der Waals surface area (Å²) >= 11 is 0. The van der Waals surface area contributed by atoms with Crippen LogP contribution in [0.15, 0.2) is 42.5 Å². The fourth-order valence-electron chi connectivity index (χ4n) is 4.06. The highest BCUT2D eigenvalue weighted by molar-refractivity contribution is 5.98. The summed E-state index contributed by atoms with van der Waals surface area (Å²) in [5, 5.41) is 7.17. The SMILES string of the molecule is COc1cc(CNC(=O)c2cc3n(n2)CCCN(Cc2cccc(F)c2)C3=O)cc(OC)c1OC. The number of nitrogens with one attached hydrogen (secondary N) is 1. The van der Waals surface area contributed by atoms with Crippen LogP contribution in [0.2, 0.25) is 0 Å². The average Bonchev–Trinajstić information content (AvgIpc) is 3.24. The molecule has 10 heteroatoms. The van der Waals surface area contributed by atoms with E-state index in [1.54, 1.807) is 33.8 Å². The van der Waals surface area contributed by atoms with Crippen LogP contribution in [-0.4, -0.2) is 54.4 Å². The number of ether oxygens (including phenoxy) is 3. The molecule has 3 aromatic rings. The maximum absolute atomic E-state index is 13.6. The zero-order valence-corrected chi connectivity index (χ0v) is 19.8. The lowest BCUT2D eigenvalue weighted by atomic mass is 10.1. The van der Waals surface area contributed by atoms with Crippen molar-refractivity contribution in [2.24, 2.45) is 0 Å². The average molecular weight is 483 g/mol. The molecule has 2 heterocycles. The van der Waals surface area contributed by atoms with E-state index in [1.807, 2.05) is 0 Å². The van der Waals surface area contributed by atoms with E-state index in [9.17, 15) is 14.0 Å². The number of hydrogen-bond donors (Lipinski definition) is 1. The lowest BCUT2D eigenvalue weighted by molar-refractivity contribution is 0.0745. The summed E-state index contributed by atoms with van der Waals surface area (Å²) < 4.78 is 31.2. The van der Waals surface area contributed by atoms with Crippen molar-refractivity contribution in [2.75, 3.05) is 27.9 Å². The molecule has 0 aliphatic carbocycles. The monoisotopic (exact) mass is 482 g/mol. The summed E-state index contributed by atoms with van der Waals surface area (Å²) in [5.41, 5.74) is 1.92. The predicted octanol–water partition coefficient (Wildman–Crippen LogP) is 3.02. The van der Waals surface area contributed by atoms with Gasteiger partial charge in [0.05, 0.1) is 21.3 Å². The Hall–Kier alpha value is -4.08. The summed E-state index contributed by atoms with van der Waals surface area (Å²) in [5.74, 6) is 0.416. The van der Waals surface area contributed by atoms with Crippen molar-refractivity contribution < 1.29 is 28.2 Å². The number of halogens is 1. The Morgan fingerprint density at radius 3 is 2.43 bits per heavy atom. The molecule has 1 aromatic heterocycles. The number of carbonyl (C=O) groups is 2. The second-order valence-corrected chi connectivity index (χ2v) is 8.06. The molecule has 9 nitrogen and oxygen atoms in total. The van der Waals surface area contributed by atoms with Gasteiger partial charge in [-0.1, -0.05) is 12.1 Å². The van der Waals surface area contributed by atoms with Gasteiger partial charge >= 0.3 is 0 Å². The third-order valence-corrected chi connectivity index (χ3v) is 5.76. The number of rotatable bonds is 8. The van der Waals surface area contributed by atoms with Crippen LogP contribution in [0, 0.1) is 5.82 Å². The molecule has 0 atom stereocenters. The van der Waals surface area contributed by atoms with Gasteiger partial charge in [-0.2, -0.15) is 5.10 Å². The number of aryl methyl sites for hydroxylation is 1. The summed E-state index contributed by atoms with van der Waals surface area (Å²) in [4.78, 5) is 27.6. The predicted molar refractivity (Wildman–Crippen MR) is 125 cm³/mol. The molecule has 0 saturated carbocycles. The number of nitrogens with zero attached hydrogens (tertiary/aromatic N) is 3. The minimum Gasteiger partial charge on any atom is -0.493 e. The second-order valence-electron chi connectivity index (χ2n) is 8.06. The van der Waals surface area contributed by atoms with Crippen LogP contribution >= 0.6 is 0 Å². The number of hydrogen-bond acceptors (Lipinski definition) is 6. The van der Waals surface area contributed by atoms with Gasteiger partial charge in [0.2, 0.25) is 5.75 Å². The molecule has 1 N–H and O–H groups in total. The molecule has 0 saturated heterocycles. The van der Waals surface area contributed by atoms with E-state index in [1.165, 1.54) is 39.5 Å². The van der Waals surface area contributed by atoms with Crippen LogP contribution in [0.25, 0.3) is 0 Å². The highest BCUT2D eigenvalue weighted by Crippen LogP contribution is 2.38. The molecule has 0 spiro atoms. The van der Waals surface area contributed by atoms with E-state index in [4.69, 9.17) is 14.2 Å². The molecule has 0 fully saturated rings. The number of amides is 2. The second kappa shape index (κ2) is 10.5. The number of carbonyl (C=O) groups excluding carboxylic acids is 2. The van der Waals surface area contributed by atoms with E-state index in [0.717, 1.165) is 5.56 Å². The van der Waals surface area contributed by atoms with Crippen LogP contribution < -0.4 is 19.5 Å². The Bertz CT molecular complexity index is 1220. The van der Waals surface area contributed by atoms with Crippen molar-refractivity contribution in [3.8, 4) is 17.2 Å². The van der Waals surface area contributed by atoms with Crippen LogP contribution in [-0.2, 0) is 19.6 Å². The number of methoxy groups -OCH3 is 3. The molecule has 0 bridgehead atoms. The third kappa shape index (κ3) is 5.21. The third-order valence-electron chi connectivity index (χ3n) is 5.76. The molecule has 0 unspecified atom stereocenters. The lowest BCUT2D eigenvalue weighted by Gasteiger charge is -2.20. The van der Waals surface area contributed by atoms with Gasteiger partial charge in [-0.05, 0) is 41.8 Å². The first-order valence-electron chi connectivity index (χ1n) is 11.1. The molecular weight excluding hydrogens is 455 g/mol. The van der Waals surface area contributed by atoms with E-state index in [-0.39, 0.29) is 30.5 Å². The fourth-order valence-corrected chi connectivity index (χ4v) is 4.06. The van der Waals surface area contributed by atoms with Gasteiger partial charge in [-0.15, -0.1) is 0 Å². The van der Waals surface area contributed by atoms with Crippen LogP contribution in [0.5, 0.6) is 17.2 Å². The molecule has 2 amide bonds. The lowest BCUT2D eigenvalue weighted by Crippen LogP contribution is -2.30. The van der Waals surface area contributed by atoms with E-state index in [2.05, 4.69) is 10.4 Å². The quantitative estimate of drug-likeness (QED) is 0.531. The fraction of sp³-hybridized carbons (Fsp3) is 0.320. The van der Waals surface area contributed by atoms with Gasteiger partial charge in [0.25, 0.3) is 11.8 Å². The van der Waals surface area contributed by atoms with Crippen molar-refractivity contribution >= 4 is 11.8 Å². The highest BCUT2D eigenvalue weighted by Gasteiger charge is 2.26. The Balaban J connectivity index is 1.47. The van der Waals surface area contributed by atoms with Crippen molar-refractivity contribution in [1.29, 1.82) is 0 Å². The van der Waals surface area contributed by atoms with Gasteiger partial charge in [0.1, 0.15) is 11.5 Å². The minimum absolute atomic E-state index is 0.147. The van der Waals surface area contributed by atoms with Gasteiger partial charge < -0.3 is 24.4 Å². The highest BCUT2D eigenvalue weighted by atomic mass is 19.1. The zero-order chi connectivity index (χ0) is 24.9. The molecule has 0 radical (unpaired) electrons. The first-order valence-corrected chi connectivity index (χ1v) is 11.1. The standard InChI is InChI=1S/C25H27FN4O5/c1-33-21-11-17(12-22(34-2)23(21)35-3)14-27-24(31)19-13-20-25(32)29(8-5-9-30(20)28-19)15-16-6-4-7-18(26)10-16/h4,6-7,10-13H,5,8-9,14-15H2,1-3H3,(H,27,31). The topological polar surface area (TPSA) is 94.9 Å². The van der Waals surface area contributed by atoms with E-state index in [0.29, 0.717) is 48.0 Å². The molecular formula is C25H27FN4O5. The maximum atomic E-state index is 13.6. The summed E-state index contributed by atoms with van der Waals surface area (Å²) in [6.45, 7) is 1.49. The van der Waals surface area contributed by atoms with Crippen molar-refractivity contribution in [3.05, 3.63) is 70.8 Å².